The molecule has 0 aliphatic heterocycles. The van der Waals surface area contributed by atoms with Gasteiger partial charge in [0.05, 0.1) is 39.4 Å². The Morgan fingerprint density at radius 1 is 0.962 bits per heavy atom. The highest BCUT2D eigenvalue weighted by atomic mass is 32.1. The van der Waals surface area contributed by atoms with Gasteiger partial charge < -0.3 is 4.74 Å². The van der Waals surface area contributed by atoms with E-state index >= 15 is 0 Å². The zero-order valence-corrected chi connectivity index (χ0v) is 15.3. The lowest BCUT2D eigenvalue weighted by molar-refractivity contribution is 0.397. The third-order valence-corrected chi connectivity index (χ3v) is 6.45. The Balaban J connectivity index is 1.55. The van der Waals surface area contributed by atoms with Crippen LogP contribution in [0.2, 0.25) is 0 Å². The van der Waals surface area contributed by atoms with Gasteiger partial charge in [-0.1, -0.05) is 29.5 Å². The largest absolute Gasteiger partial charge is 0.481 e. The summed E-state index contributed by atoms with van der Waals surface area (Å²) >= 11 is 3.28. The molecule has 0 bridgehead atoms. The van der Waals surface area contributed by atoms with Crippen LogP contribution in [0, 0.1) is 0 Å². The zero-order chi connectivity index (χ0) is 17.3. The number of hydrogen-bond acceptors (Lipinski definition) is 5. The number of fused-ring (bicyclic) bond motifs is 6. The van der Waals surface area contributed by atoms with Crippen molar-refractivity contribution >= 4 is 54.7 Å². The van der Waals surface area contributed by atoms with Gasteiger partial charge in [-0.15, -0.1) is 11.3 Å². The van der Waals surface area contributed by atoms with E-state index in [1.165, 1.54) is 4.88 Å². The predicted octanol–water partition coefficient (Wildman–Crippen LogP) is 5.09. The lowest BCUT2D eigenvalue weighted by Crippen LogP contribution is -1.87. The van der Waals surface area contributed by atoms with Crippen LogP contribution < -0.4 is 4.74 Å². The van der Waals surface area contributed by atoms with Crippen molar-refractivity contribution in [3.05, 3.63) is 54.0 Å². The van der Waals surface area contributed by atoms with Gasteiger partial charge in [-0.2, -0.15) is 0 Å². The van der Waals surface area contributed by atoms with Crippen molar-refractivity contribution in [3.63, 3.8) is 0 Å². The van der Waals surface area contributed by atoms with E-state index in [9.17, 15) is 0 Å². The molecule has 0 aliphatic carbocycles. The molecule has 0 N–H and O–H groups in total. The summed E-state index contributed by atoms with van der Waals surface area (Å²) in [4.78, 5) is 12.6. The Labute approximate surface area is 155 Å². The molecule has 0 fully saturated rings. The number of methoxy groups -OCH3 is 1. The fourth-order valence-electron chi connectivity index (χ4n) is 3.39. The average molecular weight is 376 g/mol. The molecule has 6 rings (SSSR count). The highest BCUT2D eigenvalue weighted by Crippen LogP contribution is 2.34. The summed E-state index contributed by atoms with van der Waals surface area (Å²) in [6, 6.07) is 14.6. The van der Waals surface area contributed by atoms with E-state index < -0.39 is 0 Å². The Morgan fingerprint density at radius 3 is 2.77 bits per heavy atom. The van der Waals surface area contributed by atoms with Gasteiger partial charge in [-0.25, -0.2) is 9.97 Å². The molecule has 2 aromatic carbocycles. The van der Waals surface area contributed by atoms with Gasteiger partial charge in [0.15, 0.2) is 9.92 Å². The maximum atomic E-state index is 5.44. The molecule has 0 radical (unpaired) electrons. The Bertz CT molecular complexity index is 1440. The number of rotatable bonds is 2. The third kappa shape index (κ3) is 1.84. The summed E-state index contributed by atoms with van der Waals surface area (Å²) in [6.07, 6.45) is 2.16. The van der Waals surface area contributed by atoms with Gasteiger partial charge in [0, 0.05) is 6.20 Å². The summed E-state index contributed by atoms with van der Waals surface area (Å²) in [5.74, 6) is 0.821. The normalized spacial score (nSPS) is 12.0. The van der Waals surface area contributed by atoms with Crippen LogP contribution in [0.25, 0.3) is 42.4 Å². The van der Waals surface area contributed by atoms with E-state index in [1.807, 2.05) is 23.6 Å². The molecule has 7 heteroatoms. The first-order valence-electron chi connectivity index (χ1n) is 8.12. The molecular weight excluding hydrogens is 364 g/mol. The molecule has 0 amide bonds. The van der Waals surface area contributed by atoms with Crippen molar-refractivity contribution < 1.29 is 4.74 Å². The number of imidazole rings is 2. The minimum absolute atomic E-state index is 0.821. The van der Waals surface area contributed by atoms with Crippen LogP contribution in [0.4, 0.5) is 0 Å². The first-order valence-corrected chi connectivity index (χ1v) is 9.82. The topological polar surface area (TPSA) is 43.8 Å². The first-order chi connectivity index (χ1) is 12.8. The van der Waals surface area contributed by atoms with Crippen LogP contribution in [-0.2, 0) is 0 Å². The van der Waals surface area contributed by atoms with E-state index in [2.05, 4.69) is 39.3 Å². The number of nitrogens with zero attached hydrogens (tertiary/aromatic N) is 4. The fourth-order valence-corrected chi connectivity index (χ4v) is 5.24. The molecule has 126 valence electrons. The van der Waals surface area contributed by atoms with Crippen LogP contribution in [0.1, 0.15) is 0 Å². The van der Waals surface area contributed by atoms with Crippen molar-refractivity contribution in [1.29, 1.82) is 0 Å². The second-order valence-electron chi connectivity index (χ2n) is 6.06. The van der Waals surface area contributed by atoms with Crippen molar-refractivity contribution in [2.45, 2.75) is 0 Å². The number of hydrogen-bond donors (Lipinski definition) is 0. The minimum Gasteiger partial charge on any atom is -0.481 e. The Hall–Kier alpha value is -2.90. The monoisotopic (exact) mass is 376 g/mol. The summed E-state index contributed by atoms with van der Waals surface area (Å²) < 4.78 is 9.66. The van der Waals surface area contributed by atoms with Gasteiger partial charge in [-0.05, 0) is 29.8 Å². The van der Waals surface area contributed by atoms with Gasteiger partial charge in [0.2, 0.25) is 5.88 Å². The number of para-hydroxylation sites is 2. The zero-order valence-electron chi connectivity index (χ0n) is 13.7. The van der Waals surface area contributed by atoms with Crippen LogP contribution in [0.15, 0.2) is 54.0 Å². The number of benzene rings is 2. The van der Waals surface area contributed by atoms with Gasteiger partial charge in [0.1, 0.15) is 0 Å². The van der Waals surface area contributed by atoms with E-state index in [1.54, 1.807) is 29.8 Å². The number of thiazole rings is 2. The SMILES string of the molecule is COc1csc2nc3cc(-c4cn5c(nc6ccccc65)s4)ccc3n12. The average Bonchev–Trinajstić information content (AvgIpc) is 3.39. The van der Waals surface area contributed by atoms with Crippen molar-refractivity contribution in [1.82, 2.24) is 18.8 Å². The molecule has 5 nitrogen and oxygen atoms in total. The Morgan fingerprint density at radius 2 is 1.85 bits per heavy atom. The summed E-state index contributed by atoms with van der Waals surface area (Å²) in [6.45, 7) is 0. The van der Waals surface area contributed by atoms with Crippen LogP contribution in [0.5, 0.6) is 5.88 Å². The van der Waals surface area contributed by atoms with Gasteiger partial charge in [0.25, 0.3) is 0 Å². The highest BCUT2D eigenvalue weighted by molar-refractivity contribution is 7.20. The summed E-state index contributed by atoms with van der Waals surface area (Å²) in [7, 11) is 1.69. The third-order valence-electron chi connectivity index (χ3n) is 4.61. The van der Waals surface area contributed by atoms with E-state index in [0.29, 0.717) is 0 Å². The quantitative estimate of drug-likeness (QED) is 0.423. The fraction of sp³-hybridized carbons (Fsp3) is 0.0526. The standard InChI is InChI=1S/C19H12N4OS2/c1-24-17-10-25-19-21-13-8-11(6-7-15(13)23(17)19)16-9-22-14-5-3-2-4-12(14)20-18(22)26-16/h2-10H,1H3. The predicted molar refractivity (Wildman–Crippen MR) is 107 cm³/mol. The first kappa shape index (κ1) is 14.3. The smallest absolute Gasteiger partial charge is 0.210 e. The molecule has 4 aromatic heterocycles. The van der Waals surface area contributed by atoms with Crippen LogP contribution in [-0.4, -0.2) is 25.9 Å². The molecule has 0 saturated heterocycles. The number of ether oxygens (including phenoxy) is 1. The number of aromatic nitrogens is 4. The molecule has 0 unspecified atom stereocenters. The lowest BCUT2D eigenvalue weighted by atomic mass is 10.2. The Kier molecular flexibility index (Phi) is 2.78. The molecule has 0 atom stereocenters. The molecule has 0 aliphatic rings. The highest BCUT2D eigenvalue weighted by Gasteiger charge is 2.14. The van der Waals surface area contributed by atoms with Gasteiger partial charge >= 0.3 is 0 Å². The van der Waals surface area contributed by atoms with E-state index in [0.717, 1.165) is 43.4 Å². The van der Waals surface area contributed by atoms with Crippen LogP contribution in [0.3, 0.4) is 0 Å². The molecule has 6 aromatic rings. The molecule has 4 heterocycles. The van der Waals surface area contributed by atoms with Crippen molar-refractivity contribution in [2.75, 3.05) is 7.11 Å². The minimum atomic E-state index is 0.821. The summed E-state index contributed by atoms with van der Waals surface area (Å²) in [5.41, 5.74) is 5.36. The lowest BCUT2D eigenvalue weighted by Gasteiger charge is -2.00. The maximum absolute atomic E-state index is 5.44. The second kappa shape index (κ2) is 5.06. The maximum Gasteiger partial charge on any atom is 0.210 e. The van der Waals surface area contributed by atoms with Crippen molar-refractivity contribution in [2.24, 2.45) is 0 Å². The second-order valence-corrected chi connectivity index (χ2v) is 7.91. The molecular formula is C19H12N4OS2. The summed E-state index contributed by atoms with van der Waals surface area (Å²) in [5, 5.41) is 1.98. The molecule has 0 saturated carbocycles. The van der Waals surface area contributed by atoms with E-state index in [4.69, 9.17) is 14.7 Å². The van der Waals surface area contributed by atoms with E-state index in [-0.39, 0.29) is 0 Å². The van der Waals surface area contributed by atoms with Gasteiger partial charge in [-0.3, -0.25) is 8.80 Å². The van der Waals surface area contributed by atoms with Crippen LogP contribution >= 0.6 is 22.7 Å². The van der Waals surface area contributed by atoms with Crippen molar-refractivity contribution in [3.8, 4) is 16.3 Å². The molecule has 26 heavy (non-hydrogen) atoms. The molecule has 0 spiro atoms.